The summed E-state index contributed by atoms with van der Waals surface area (Å²) in [6.45, 7) is 6.96. The van der Waals surface area contributed by atoms with Gasteiger partial charge in [0.15, 0.2) is 0 Å². The van der Waals surface area contributed by atoms with Crippen LogP contribution in [0.5, 0.6) is 0 Å². The Hall–Kier alpha value is -0.510. The van der Waals surface area contributed by atoms with Gasteiger partial charge in [-0.05, 0) is 17.5 Å². The van der Waals surface area contributed by atoms with Crippen molar-refractivity contribution in [3.63, 3.8) is 0 Å². The fraction of sp³-hybridized carbons (Fsp3) is 0.571. The highest BCUT2D eigenvalue weighted by atomic mass is 32.2. The van der Waals surface area contributed by atoms with Gasteiger partial charge in [0, 0.05) is 29.8 Å². The highest BCUT2D eigenvalue weighted by molar-refractivity contribution is 7.99. The third kappa shape index (κ3) is 3.73. The van der Waals surface area contributed by atoms with Crippen molar-refractivity contribution in [1.29, 1.82) is 0 Å². The second kappa shape index (κ2) is 6.43. The summed E-state index contributed by atoms with van der Waals surface area (Å²) in [5.74, 6) is 1.77. The quantitative estimate of drug-likeness (QED) is 0.785. The Bertz CT molecular complexity index is 354. The maximum Gasteiger partial charge on any atom is 0.0591 e. The van der Waals surface area contributed by atoms with E-state index in [9.17, 15) is 0 Å². The van der Waals surface area contributed by atoms with Gasteiger partial charge in [-0.15, -0.1) is 11.8 Å². The van der Waals surface area contributed by atoms with Gasteiger partial charge in [-0.1, -0.05) is 32.0 Å². The lowest BCUT2D eigenvalue weighted by molar-refractivity contribution is 0.110. The third-order valence-corrected chi connectivity index (χ3v) is 3.97. The van der Waals surface area contributed by atoms with Crippen molar-refractivity contribution in [2.24, 2.45) is 5.92 Å². The molecule has 1 heterocycles. The largest absolute Gasteiger partial charge is 0.380 e. The molecule has 17 heavy (non-hydrogen) atoms. The average Bonchev–Trinajstić information content (AvgIpc) is 2.72. The number of hydrogen-bond acceptors (Lipinski definition) is 3. The van der Waals surface area contributed by atoms with Crippen LogP contribution in [0.3, 0.4) is 0 Å². The van der Waals surface area contributed by atoms with Crippen molar-refractivity contribution < 1.29 is 4.74 Å². The van der Waals surface area contributed by atoms with E-state index in [1.165, 1.54) is 10.5 Å². The number of benzene rings is 1. The lowest BCUT2D eigenvalue weighted by atomic mass is 10.1. The van der Waals surface area contributed by atoms with Crippen molar-refractivity contribution in [2.45, 2.75) is 24.8 Å². The SMILES string of the molecule is CC(C)COCCNC1CSc2ccccc21. The Morgan fingerprint density at radius 3 is 3.06 bits per heavy atom. The molecule has 2 nitrogen and oxygen atoms in total. The van der Waals surface area contributed by atoms with Crippen molar-refractivity contribution >= 4 is 11.8 Å². The zero-order valence-corrected chi connectivity index (χ0v) is 11.4. The molecule has 3 heteroatoms. The van der Waals surface area contributed by atoms with Crippen LogP contribution in [-0.4, -0.2) is 25.5 Å². The van der Waals surface area contributed by atoms with Gasteiger partial charge < -0.3 is 10.1 Å². The second-order valence-corrected chi connectivity index (χ2v) is 5.89. The van der Waals surface area contributed by atoms with E-state index in [1.54, 1.807) is 0 Å². The Morgan fingerprint density at radius 2 is 2.24 bits per heavy atom. The van der Waals surface area contributed by atoms with Gasteiger partial charge >= 0.3 is 0 Å². The summed E-state index contributed by atoms with van der Waals surface area (Å²) >= 11 is 1.94. The van der Waals surface area contributed by atoms with E-state index >= 15 is 0 Å². The Labute approximate surface area is 108 Å². The van der Waals surface area contributed by atoms with Crippen molar-refractivity contribution in [3.8, 4) is 0 Å². The fourth-order valence-corrected chi connectivity index (χ4v) is 3.15. The average molecular weight is 251 g/mol. The van der Waals surface area contributed by atoms with Crippen molar-refractivity contribution in [3.05, 3.63) is 29.8 Å². The first kappa shape index (κ1) is 12.9. The minimum Gasteiger partial charge on any atom is -0.380 e. The van der Waals surface area contributed by atoms with Gasteiger partial charge in [-0.2, -0.15) is 0 Å². The number of hydrogen-bond donors (Lipinski definition) is 1. The highest BCUT2D eigenvalue weighted by Gasteiger charge is 2.21. The van der Waals surface area contributed by atoms with Crippen LogP contribution in [0.1, 0.15) is 25.5 Å². The van der Waals surface area contributed by atoms with Crippen molar-refractivity contribution in [1.82, 2.24) is 5.32 Å². The monoisotopic (exact) mass is 251 g/mol. The molecule has 0 aliphatic carbocycles. The summed E-state index contributed by atoms with van der Waals surface area (Å²) in [6.07, 6.45) is 0. The standard InChI is InChI=1S/C14H21NOS/c1-11(2)9-16-8-7-15-13-10-17-14-6-4-3-5-12(13)14/h3-6,11,13,15H,7-10H2,1-2H3. The summed E-state index contributed by atoms with van der Waals surface area (Å²) in [4.78, 5) is 1.42. The molecule has 1 aliphatic heterocycles. The number of rotatable bonds is 6. The maximum atomic E-state index is 5.57. The number of thioether (sulfide) groups is 1. The number of ether oxygens (including phenoxy) is 1. The molecule has 0 saturated heterocycles. The molecule has 0 saturated carbocycles. The predicted octanol–water partition coefficient (Wildman–Crippen LogP) is 3.10. The van der Waals surface area contributed by atoms with Gasteiger partial charge in [-0.25, -0.2) is 0 Å². The van der Waals surface area contributed by atoms with Gasteiger partial charge in [0.05, 0.1) is 6.61 Å². The number of nitrogens with one attached hydrogen (secondary N) is 1. The molecule has 1 N–H and O–H groups in total. The fourth-order valence-electron chi connectivity index (χ4n) is 1.96. The molecule has 94 valence electrons. The molecular formula is C14H21NOS. The first-order chi connectivity index (χ1) is 8.27. The molecule has 1 unspecified atom stereocenters. The normalized spacial score (nSPS) is 18.6. The van der Waals surface area contributed by atoms with Crippen LogP contribution in [0.4, 0.5) is 0 Å². The first-order valence-corrected chi connectivity index (χ1v) is 7.29. The molecule has 2 rings (SSSR count). The smallest absolute Gasteiger partial charge is 0.0591 e. The first-order valence-electron chi connectivity index (χ1n) is 6.30. The van der Waals surface area contributed by atoms with Gasteiger partial charge in [0.25, 0.3) is 0 Å². The Balaban J connectivity index is 1.71. The summed E-state index contributed by atoms with van der Waals surface area (Å²) in [5.41, 5.74) is 1.45. The number of fused-ring (bicyclic) bond motifs is 1. The Morgan fingerprint density at radius 1 is 1.41 bits per heavy atom. The highest BCUT2D eigenvalue weighted by Crippen LogP contribution is 2.37. The molecule has 0 aromatic heterocycles. The van der Waals surface area contributed by atoms with Crippen LogP contribution in [0.15, 0.2) is 29.2 Å². The molecule has 0 radical (unpaired) electrons. The molecule has 0 spiro atoms. The van der Waals surface area contributed by atoms with Gasteiger partial charge in [0.2, 0.25) is 0 Å². The topological polar surface area (TPSA) is 21.3 Å². The molecule has 0 bridgehead atoms. The maximum absolute atomic E-state index is 5.57. The second-order valence-electron chi connectivity index (χ2n) is 4.82. The van der Waals surface area contributed by atoms with E-state index < -0.39 is 0 Å². The molecule has 0 fully saturated rings. The molecule has 1 aromatic rings. The predicted molar refractivity (Wildman–Crippen MR) is 73.6 cm³/mol. The molecule has 1 atom stereocenters. The molecule has 1 aliphatic rings. The van der Waals surface area contributed by atoms with Crippen LogP contribution in [0.25, 0.3) is 0 Å². The molecular weight excluding hydrogens is 230 g/mol. The zero-order valence-electron chi connectivity index (χ0n) is 10.6. The summed E-state index contributed by atoms with van der Waals surface area (Å²) in [6, 6.07) is 9.16. The van der Waals surface area contributed by atoms with Crippen LogP contribution in [0, 0.1) is 5.92 Å². The molecule has 0 amide bonds. The third-order valence-electron chi connectivity index (χ3n) is 2.79. The van der Waals surface area contributed by atoms with Gasteiger partial charge in [0.1, 0.15) is 0 Å². The Kier molecular flexibility index (Phi) is 4.89. The van der Waals surface area contributed by atoms with Crippen LogP contribution in [-0.2, 0) is 4.74 Å². The summed E-state index contributed by atoms with van der Waals surface area (Å²) in [5, 5.41) is 3.57. The van der Waals surface area contributed by atoms with Gasteiger partial charge in [-0.3, -0.25) is 0 Å². The lowest BCUT2D eigenvalue weighted by Crippen LogP contribution is -2.25. The summed E-state index contributed by atoms with van der Waals surface area (Å²) < 4.78 is 5.57. The molecule has 1 aromatic carbocycles. The van der Waals surface area contributed by atoms with E-state index in [1.807, 2.05) is 11.8 Å². The van der Waals surface area contributed by atoms with E-state index in [2.05, 4.69) is 43.4 Å². The lowest BCUT2D eigenvalue weighted by Gasteiger charge is -2.13. The minimum absolute atomic E-state index is 0.499. The van der Waals surface area contributed by atoms with E-state index in [0.29, 0.717) is 12.0 Å². The minimum atomic E-state index is 0.499. The van der Waals surface area contributed by atoms with E-state index in [4.69, 9.17) is 4.74 Å². The van der Waals surface area contributed by atoms with E-state index in [-0.39, 0.29) is 0 Å². The van der Waals surface area contributed by atoms with Crippen LogP contribution in [0.2, 0.25) is 0 Å². The summed E-state index contributed by atoms with van der Waals surface area (Å²) in [7, 11) is 0. The zero-order chi connectivity index (χ0) is 12.1. The van der Waals surface area contributed by atoms with Crippen LogP contribution >= 0.6 is 11.8 Å². The van der Waals surface area contributed by atoms with Crippen LogP contribution < -0.4 is 5.32 Å². The van der Waals surface area contributed by atoms with E-state index in [0.717, 1.165) is 25.5 Å². The van der Waals surface area contributed by atoms with Crippen molar-refractivity contribution in [2.75, 3.05) is 25.5 Å².